The molecule has 1 heterocycles. The summed E-state index contributed by atoms with van der Waals surface area (Å²) in [5, 5.41) is 2.96. The smallest absolute Gasteiger partial charge is 0.251 e. The van der Waals surface area contributed by atoms with Crippen molar-refractivity contribution in [3.8, 4) is 0 Å². The lowest BCUT2D eigenvalue weighted by molar-refractivity contribution is 0.0730. The molecule has 0 aromatic heterocycles. The molecule has 25 heavy (non-hydrogen) atoms. The van der Waals surface area contributed by atoms with E-state index < -0.39 is 10.0 Å². The van der Waals surface area contributed by atoms with Gasteiger partial charge in [-0.15, -0.1) is 0 Å². The Balaban J connectivity index is 1.97. The van der Waals surface area contributed by atoms with Gasteiger partial charge in [0.25, 0.3) is 5.91 Å². The van der Waals surface area contributed by atoms with Crippen LogP contribution in [0.4, 0.5) is 0 Å². The fraction of sp³-hybridized carbons (Fsp3) is 0.611. The number of nitrogens with one attached hydrogen (secondary N) is 1. The van der Waals surface area contributed by atoms with Gasteiger partial charge in [-0.3, -0.25) is 4.79 Å². The van der Waals surface area contributed by atoms with Gasteiger partial charge in [-0.2, -0.15) is 4.31 Å². The molecule has 1 fully saturated rings. The number of sulfonamides is 1. The summed E-state index contributed by atoms with van der Waals surface area (Å²) in [6, 6.07) is 6.25. The molecular formula is C18H28N2O4S. The molecule has 0 unspecified atom stereocenters. The van der Waals surface area contributed by atoms with Crippen LogP contribution in [0.1, 0.15) is 49.9 Å². The van der Waals surface area contributed by atoms with E-state index in [9.17, 15) is 13.2 Å². The van der Waals surface area contributed by atoms with Crippen LogP contribution in [0.25, 0.3) is 0 Å². The summed E-state index contributed by atoms with van der Waals surface area (Å²) in [6.07, 6.45) is 4.35. The molecular weight excluding hydrogens is 340 g/mol. The fourth-order valence-corrected chi connectivity index (χ4v) is 4.20. The second-order valence-corrected chi connectivity index (χ2v) is 8.35. The summed E-state index contributed by atoms with van der Waals surface area (Å²) in [7, 11) is -3.52. The quantitative estimate of drug-likeness (QED) is 0.715. The van der Waals surface area contributed by atoms with Gasteiger partial charge in [-0.25, -0.2) is 8.42 Å². The molecule has 7 heteroatoms. The highest BCUT2D eigenvalue weighted by molar-refractivity contribution is 7.89. The third-order valence-corrected chi connectivity index (χ3v) is 6.26. The van der Waals surface area contributed by atoms with Crippen molar-refractivity contribution in [1.82, 2.24) is 9.62 Å². The first kappa shape index (κ1) is 19.9. The zero-order valence-corrected chi connectivity index (χ0v) is 15.8. The van der Waals surface area contributed by atoms with Crippen molar-refractivity contribution >= 4 is 15.9 Å². The molecule has 0 saturated carbocycles. The third-order valence-electron chi connectivity index (χ3n) is 4.34. The van der Waals surface area contributed by atoms with Crippen LogP contribution in [0, 0.1) is 0 Å². The van der Waals surface area contributed by atoms with E-state index in [4.69, 9.17) is 4.74 Å². The molecule has 1 atom stereocenters. The van der Waals surface area contributed by atoms with E-state index >= 15 is 0 Å². The van der Waals surface area contributed by atoms with Crippen LogP contribution in [-0.2, 0) is 14.8 Å². The minimum absolute atomic E-state index is 0.107. The molecule has 0 radical (unpaired) electrons. The van der Waals surface area contributed by atoms with Crippen LogP contribution >= 0.6 is 0 Å². The number of carbonyl (C=O) groups excluding carboxylic acids is 1. The van der Waals surface area contributed by atoms with Crippen molar-refractivity contribution in [2.24, 2.45) is 0 Å². The number of ether oxygens (including phenoxy) is 1. The Kier molecular flexibility index (Phi) is 7.40. The normalized spacial score (nSPS) is 17.2. The molecule has 0 aliphatic carbocycles. The summed E-state index contributed by atoms with van der Waals surface area (Å²) in [5.41, 5.74) is 0.475. The Morgan fingerprint density at radius 1 is 1.20 bits per heavy atom. The number of rotatable bonds is 8. The Bertz CT molecular complexity index is 652. The summed E-state index contributed by atoms with van der Waals surface area (Å²) in [5.74, 6) is -0.167. The highest BCUT2D eigenvalue weighted by Crippen LogP contribution is 2.18. The maximum atomic E-state index is 12.6. The molecule has 1 aromatic rings. The molecule has 1 amide bonds. The monoisotopic (exact) mass is 368 g/mol. The molecule has 1 aliphatic heterocycles. The fourth-order valence-electron chi connectivity index (χ4n) is 2.79. The predicted octanol–water partition coefficient (Wildman–Crippen LogP) is 2.41. The molecule has 0 spiro atoms. The number of hydrogen-bond acceptors (Lipinski definition) is 4. The van der Waals surface area contributed by atoms with Crippen LogP contribution in [0.5, 0.6) is 0 Å². The molecule has 0 bridgehead atoms. The van der Waals surface area contributed by atoms with Gasteiger partial charge < -0.3 is 10.1 Å². The number of nitrogens with zero attached hydrogens (tertiary/aromatic N) is 1. The van der Waals surface area contributed by atoms with E-state index in [1.54, 1.807) is 12.1 Å². The predicted molar refractivity (Wildman–Crippen MR) is 97.1 cm³/mol. The number of amides is 1. The first-order valence-corrected chi connectivity index (χ1v) is 10.4. The highest BCUT2D eigenvalue weighted by Gasteiger charge is 2.26. The molecule has 6 nitrogen and oxygen atoms in total. The van der Waals surface area contributed by atoms with Gasteiger partial charge in [-0.1, -0.05) is 26.2 Å². The van der Waals surface area contributed by atoms with Crippen LogP contribution < -0.4 is 5.32 Å². The van der Waals surface area contributed by atoms with Gasteiger partial charge in [-0.05, 0) is 37.6 Å². The van der Waals surface area contributed by atoms with E-state index in [0.717, 1.165) is 25.7 Å². The maximum absolute atomic E-state index is 12.6. The molecule has 140 valence electrons. The Morgan fingerprint density at radius 3 is 2.44 bits per heavy atom. The van der Waals surface area contributed by atoms with Gasteiger partial charge in [0.2, 0.25) is 10.0 Å². The number of benzene rings is 1. The van der Waals surface area contributed by atoms with E-state index in [2.05, 4.69) is 12.2 Å². The number of carbonyl (C=O) groups is 1. The van der Waals surface area contributed by atoms with Gasteiger partial charge in [0.15, 0.2) is 0 Å². The lowest BCUT2D eigenvalue weighted by Crippen LogP contribution is -2.40. The second kappa shape index (κ2) is 9.31. The van der Waals surface area contributed by atoms with Gasteiger partial charge in [0, 0.05) is 24.7 Å². The SMILES string of the molecule is CCCCC[C@@H](C)NC(=O)c1ccc(S(=O)(=O)N2CCOCC2)cc1. The maximum Gasteiger partial charge on any atom is 0.251 e. The lowest BCUT2D eigenvalue weighted by atomic mass is 10.1. The zero-order valence-electron chi connectivity index (χ0n) is 15.0. The van der Waals surface area contributed by atoms with Crippen molar-refractivity contribution < 1.29 is 17.9 Å². The van der Waals surface area contributed by atoms with Gasteiger partial charge in [0.05, 0.1) is 18.1 Å². The van der Waals surface area contributed by atoms with Crippen molar-refractivity contribution in [2.45, 2.75) is 50.5 Å². The molecule has 1 aromatic carbocycles. The van der Waals surface area contributed by atoms with Crippen molar-refractivity contribution in [2.75, 3.05) is 26.3 Å². The van der Waals surface area contributed by atoms with E-state index in [-0.39, 0.29) is 16.8 Å². The minimum atomic E-state index is -3.52. The highest BCUT2D eigenvalue weighted by atomic mass is 32.2. The van der Waals surface area contributed by atoms with Gasteiger partial charge in [0.1, 0.15) is 0 Å². The van der Waals surface area contributed by atoms with E-state index in [1.165, 1.54) is 16.4 Å². The van der Waals surface area contributed by atoms with Crippen molar-refractivity contribution in [1.29, 1.82) is 0 Å². The summed E-state index contributed by atoms with van der Waals surface area (Å²) >= 11 is 0. The zero-order chi connectivity index (χ0) is 18.3. The van der Waals surface area contributed by atoms with Crippen LogP contribution in [-0.4, -0.2) is 51.0 Å². The van der Waals surface area contributed by atoms with Crippen LogP contribution in [0.15, 0.2) is 29.2 Å². The standard InChI is InChI=1S/C18H28N2O4S/c1-3-4-5-6-15(2)19-18(21)16-7-9-17(10-8-16)25(22,23)20-11-13-24-14-12-20/h7-10,15H,3-6,11-14H2,1-2H3,(H,19,21)/t15-/m1/s1. The molecule has 1 N–H and O–H groups in total. The summed E-state index contributed by atoms with van der Waals surface area (Å²) in [4.78, 5) is 12.5. The van der Waals surface area contributed by atoms with Crippen molar-refractivity contribution in [3.05, 3.63) is 29.8 Å². The van der Waals surface area contributed by atoms with Crippen LogP contribution in [0.2, 0.25) is 0 Å². The number of unbranched alkanes of at least 4 members (excludes halogenated alkanes) is 2. The van der Waals surface area contributed by atoms with Crippen LogP contribution in [0.3, 0.4) is 0 Å². The summed E-state index contributed by atoms with van der Waals surface area (Å²) < 4.78 is 31.7. The lowest BCUT2D eigenvalue weighted by Gasteiger charge is -2.26. The number of hydrogen-bond donors (Lipinski definition) is 1. The first-order valence-electron chi connectivity index (χ1n) is 8.94. The second-order valence-electron chi connectivity index (χ2n) is 6.41. The Morgan fingerprint density at radius 2 is 1.84 bits per heavy atom. The minimum Gasteiger partial charge on any atom is -0.379 e. The molecule has 1 aliphatic rings. The van der Waals surface area contributed by atoms with E-state index in [1.807, 2.05) is 6.92 Å². The number of morpholine rings is 1. The largest absolute Gasteiger partial charge is 0.379 e. The van der Waals surface area contributed by atoms with Gasteiger partial charge >= 0.3 is 0 Å². The van der Waals surface area contributed by atoms with E-state index in [0.29, 0.717) is 31.9 Å². The molecule has 1 saturated heterocycles. The first-order chi connectivity index (χ1) is 11.9. The average molecular weight is 368 g/mol. The Hall–Kier alpha value is -1.44. The third kappa shape index (κ3) is 5.52. The molecule has 2 rings (SSSR count). The van der Waals surface area contributed by atoms with Crippen molar-refractivity contribution in [3.63, 3.8) is 0 Å². The average Bonchev–Trinajstić information content (AvgIpc) is 2.62. The Labute approximate surface area is 150 Å². The summed E-state index contributed by atoms with van der Waals surface area (Å²) in [6.45, 7) is 5.69. The topological polar surface area (TPSA) is 75.7 Å².